The lowest BCUT2D eigenvalue weighted by Gasteiger charge is -2.10. The number of aromatic hydroxyl groups is 1. The highest BCUT2D eigenvalue weighted by atomic mass is 79.9. The highest BCUT2D eigenvalue weighted by molar-refractivity contribution is 9.10. The van der Waals surface area contributed by atoms with Crippen molar-refractivity contribution in [3.8, 4) is 5.75 Å². The third kappa shape index (κ3) is 5.01. The molecule has 0 saturated heterocycles. The number of carbonyl (C=O) groups is 2. The predicted octanol–water partition coefficient (Wildman–Crippen LogP) is 3.32. The first kappa shape index (κ1) is 18.4. The molecule has 0 saturated carbocycles. The first-order valence-corrected chi connectivity index (χ1v) is 8.92. The average Bonchev–Trinajstić information content (AvgIpc) is 2.54. The van der Waals surface area contributed by atoms with E-state index >= 15 is 0 Å². The van der Waals surface area contributed by atoms with Crippen LogP contribution < -0.4 is 10.9 Å². The van der Waals surface area contributed by atoms with Gasteiger partial charge in [-0.1, -0.05) is 22.0 Å². The topological polar surface area (TPSA) is 78.4 Å². The van der Waals surface area contributed by atoms with Gasteiger partial charge in [0.2, 0.25) is 5.91 Å². The second kappa shape index (κ2) is 8.21. The van der Waals surface area contributed by atoms with Crippen LogP contribution in [0.1, 0.15) is 21.5 Å². The molecule has 0 aliphatic carbocycles. The molecule has 0 spiro atoms. The second-order valence-corrected chi connectivity index (χ2v) is 7.08. The number of rotatable bonds is 4. The van der Waals surface area contributed by atoms with E-state index in [1.54, 1.807) is 12.1 Å². The van der Waals surface area contributed by atoms with Crippen molar-refractivity contribution >= 4 is 39.5 Å². The summed E-state index contributed by atoms with van der Waals surface area (Å²) in [6.45, 7) is 3.97. The number of phenolic OH excluding ortho intramolecular Hbond substituents is 1. The number of nitrogens with one attached hydrogen (secondary N) is 2. The van der Waals surface area contributed by atoms with Crippen molar-refractivity contribution in [3.05, 3.63) is 57.6 Å². The molecule has 0 atom stereocenters. The van der Waals surface area contributed by atoms with Gasteiger partial charge < -0.3 is 5.11 Å². The number of carbonyl (C=O) groups excluding carboxylic acids is 2. The molecule has 24 heavy (non-hydrogen) atoms. The molecule has 0 radical (unpaired) electrons. The van der Waals surface area contributed by atoms with E-state index in [1.165, 1.54) is 23.9 Å². The van der Waals surface area contributed by atoms with Crippen molar-refractivity contribution in [3.63, 3.8) is 0 Å². The molecule has 0 aromatic heterocycles. The number of thioether (sulfide) groups is 1. The van der Waals surface area contributed by atoms with Gasteiger partial charge in [0, 0.05) is 14.9 Å². The van der Waals surface area contributed by atoms with Crippen LogP contribution in [0.5, 0.6) is 5.75 Å². The monoisotopic (exact) mass is 408 g/mol. The second-order valence-electron chi connectivity index (χ2n) is 5.21. The molecule has 2 amide bonds. The number of hydrazine groups is 1. The highest BCUT2D eigenvalue weighted by Gasteiger charge is 2.10. The summed E-state index contributed by atoms with van der Waals surface area (Å²) in [4.78, 5) is 24.8. The zero-order chi connectivity index (χ0) is 17.7. The van der Waals surface area contributed by atoms with Crippen molar-refractivity contribution in [2.45, 2.75) is 18.7 Å². The zero-order valence-corrected chi connectivity index (χ0v) is 15.6. The van der Waals surface area contributed by atoms with Gasteiger partial charge in [0.25, 0.3) is 5.91 Å². The smallest absolute Gasteiger partial charge is 0.269 e. The largest absolute Gasteiger partial charge is 0.508 e. The van der Waals surface area contributed by atoms with E-state index in [4.69, 9.17) is 0 Å². The van der Waals surface area contributed by atoms with Gasteiger partial charge in [-0.15, -0.1) is 11.8 Å². The van der Waals surface area contributed by atoms with Crippen LogP contribution in [0, 0.1) is 13.8 Å². The van der Waals surface area contributed by atoms with Gasteiger partial charge in [-0.25, -0.2) is 0 Å². The molecule has 3 N–H and O–H groups in total. The van der Waals surface area contributed by atoms with Crippen LogP contribution in [-0.4, -0.2) is 22.7 Å². The maximum atomic E-state index is 11.9. The lowest BCUT2D eigenvalue weighted by Crippen LogP contribution is -2.42. The van der Waals surface area contributed by atoms with Crippen molar-refractivity contribution in [2.24, 2.45) is 0 Å². The molecule has 0 heterocycles. The van der Waals surface area contributed by atoms with E-state index in [0.717, 1.165) is 20.5 Å². The minimum atomic E-state index is -0.486. The fourth-order valence-corrected chi connectivity index (χ4v) is 3.30. The Labute approximate surface area is 152 Å². The SMILES string of the molecule is Cc1cc(SCC(=O)NNC(=O)c2cccc(O)c2)c(C)cc1Br. The molecule has 0 bridgehead atoms. The molecular weight excluding hydrogens is 392 g/mol. The summed E-state index contributed by atoms with van der Waals surface area (Å²) in [6, 6.07) is 9.92. The van der Waals surface area contributed by atoms with Gasteiger partial charge in [-0.3, -0.25) is 20.4 Å². The Hall–Kier alpha value is -1.99. The van der Waals surface area contributed by atoms with Gasteiger partial charge in [-0.2, -0.15) is 0 Å². The maximum absolute atomic E-state index is 11.9. The average molecular weight is 409 g/mol. The van der Waals surface area contributed by atoms with Gasteiger partial charge in [-0.05, 0) is 55.3 Å². The van der Waals surface area contributed by atoms with Crippen LogP contribution in [0.25, 0.3) is 0 Å². The zero-order valence-electron chi connectivity index (χ0n) is 13.2. The number of benzene rings is 2. The molecule has 0 aliphatic rings. The molecule has 2 aromatic rings. The summed E-state index contributed by atoms with van der Waals surface area (Å²) in [6.07, 6.45) is 0. The Bertz CT molecular complexity index is 780. The van der Waals surface area contributed by atoms with E-state index in [-0.39, 0.29) is 23.0 Å². The van der Waals surface area contributed by atoms with Crippen LogP contribution in [0.2, 0.25) is 0 Å². The van der Waals surface area contributed by atoms with Crippen molar-refractivity contribution < 1.29 is 14.7 Å². The van der Waals surface area contributed by atoms with E-state index < -0.39 is 5.91 Å². The summed E-state index contributed by atoms with van der Waals surface area (Å²) in [5.74, 6) is -0.624. The molecule has 0 aliphatic heterocycles. The number of halogens is 1. The third-order valence-corrected chi connectivity index (χ3v) is 5.25. The molecule has 2 aromatic carbocycles. The molecule has 0 unspecified atom stereocenters. The Balaban J connectivity index is 1.86. The minimum absolute atomic E-state index is 0.00869. The Kier molecular flexibility index (Phi) is 6.28. The Morgan fingerprint density at radius 1 is 1.12 bits per heavy atom. The molecule has 2 rings (SSSR count). The molecule has 126 valence electrons. The standard InChI is InChI=1S/C17H17BrN2O3S/c1-10-7-15(11(2)6-14(10)18)24-9-16(22)19-20-17(23)12-4-3-5-13(21)8-12/h3-8,21H,9H2,1-2H3,(H,19,22)(H,20,23). The molecule has 5 nitrogen and oxygen atoms in total. The summed E-state index contributed by atoms with van der Waals surface area (Å²) in [5, 5.41) is 9.34. The summed E-state index contributed by atoms with van der Waals surface area (Å²) < 4.78 is 1.03. The van der Waals surface area contributed by atoms with Crippen LogP contribution >= 0.6 is 27.7 Å². The van der Waals surface area contributed by atoms with Crippen LogP contribution in [0.3, 0.4) is 0 Å². The van der Waals surface area contributed by atoms with Crippen LogP contribution in [0.15, 0.2) is 45.8 Å². The number of phenols is 1. The summed E-state index contributed by atoms with van der Waals surface area (Å²) in [7, 11) is 0. The first-order valence-electron chi connectivity index (χ1n) is 7.14. The van der Waals surface area contributed by atoms with Gasteiger partial charge in [0.05, 0.1) is 5.75 Å². The maximum Gasteiger partial charge on any atom is 0.269 e. The normalized spacial score (nSPS) is 10.3. The fourth-order valence-electron chi connectivity index (χ4n) is 1.94. The summed E-state index contributed by atoms with van der Waals surface area (Å²) >= 11 is 4.88. The van der Waals surface area contributed by atoms with Crippen molar-refractivity contribution in [1.29, 1.82) is 0 Å². The van der Waals surface area contributed by atoms with E-state index in [0.29, 0.717) is 0 Å². The molecule has 0 fully saturated rings. The fraction of sp³-hybridized carbons (Fsp3) is 0.176. The van der Waals surface area contributed by atoms with Crippen molar-refractivity contribution in [1.82, 2.24) is 10.9 Å². The quantitative estimate of drug-likeness (QED) is 0.535. The van der Waals surface area contributed by atoms with Crippen LogP contribution in [-0.2, 0) is 4.79 Å². The number of hydrogen-bond donors (Lipinski definition) is 3. The highest BCUT2D eigenvalue weighted by Crippen LogP contribution is 2.28. The number of amides is 2. The van der Waals surface area contributed by atoms with E-state index in [9.17, 15) is 14.7 Å². The van der Waals surface area contributed by atoms with E-state index in [2.05, 4.69) is 26.8 Å². The lowest BCUT2D eigenvalue weighted by atomic mass is 10.2. The van der Waals surface area contributed by atoms with Gasteiger partial charge in [0.1, 0.15) is 5.75 Å². The first-order chi connectivity index (χ1) is 11.4. The third-order valence-electron chi connectivity index (χ3n) is 3.24. The number of hydrogen-bond acceptors (Lipinski definition) is 4. The van der Waals surface area contributed by atoms with E-state index in [1.807, 2.05) is 26.0 Å². The molecular formula is C17H17BrN2O3S. The lowest BCUT2D eigenvalue weighted by molar-refractivity contribution is -0.119. The predicted molar refractivity (Wildman–Crippen MR) is 98.1 cm³/mol. The van der Waals surface area contributed by atoms with Crippen LogP contribution in [0.4, 0.5) is 0 Å². The number of aryl methyl sites for hydroxylation is 2. The van der Waals surface area contributed by atoms with Gasteiger partial charge >= 0.3 is 0 Å². The molecule has 7 heteroatoms. The minimum Gasteiger partial charge on any atom is -0.508 e. The Morgan fingerprint density at radius 3 is 2.58 bits per heavy atom. The van der Waals surface area contributed by atoms with Gasteiger partial charge in [0.15, 0.2) is 0 Å². The Morgan fingerprint density at radius 2 is 1.88 bits per heavy atom. The van der Waals surface area contributed by atoms with Crippen molar-refractivity contribution in [2.75, 3.05) is 5.75 Å². The summed E-state index contributed by atoms with van der Waals surface area (Å²) in [5.41, 5.74) is 7.13.